The maximum atomic E-state index is 4.32. The van der Waals surface area contributed by atoms with Gasteiger partial charge in [0.15, 0.2) is 8.68 Å². The highest BCUT2D eigenvalue weighted by molar-refractivity contribution is 8.03. The van der Waals surface area contributed by atoms with Crippen molar-refractivity contribution in [2.45, 2.75) is 22.0 Å². The zero-order chi connectivity index (χ0) is 10.4. The second kappa shape index (κ2) is 6.98. The smallest absolute Gasteiger partial charge is 0.175 e. The molecule has 1 unspecified atom stereocenters. The maximum Gasteiger partial charge on any atom is 0.175 e. The van der Waals surface area contributed by atoms with Crippen LogP contribution in [-0.4, -0.2) is 28.0 Å². The first-order valence-corrected chi connectivity index (χ1v) is 8.07. The molecule has 0 aliphatic rings. The van der Waals surface area contributed by atoms with Gasteiger partial charge in [-0.15, -0.1) is 10.2 Å². The second-order valence-corrected chi connectivity index (χ2v) is 6.47. The number of aromatic nitrogens is 2. The highest BCUT2D eigenvalue weighted by atomic mass is 32.2. The van der Waals surface area contributed by atoms with E-state index in [0.29, 0.717) is 5.92 Å². The van der Waals surface area contributed by atoms with Crippen molar-refractivity contribution in [1.82, 2.24) is 10.2 Å². The van der Waals surface area contributed by atoms with Crippen molar-refractivity contribution in [3.05, 3.63) is 0 Å². The van der Waals surface area contributed by atoms with Gasteiger partial charge >= 0.3 is 0 Å². The van der Waals surface area contributed by atoms with Crippen molar-refractivity contribution in [1.29, 1.82) is 0 Å². The van der Waals surface area contributed by atoms with Crippen molar-refractivity contribution in [2.75, 3.05) is 17.8 Å². The minimum absolute atomic E-state index is 0.685. The predicted octanol–water partition coefficient (Wildman–Crippen LogP) is 3.31. The van der Waals surface area contributed by atoms with E-state index in [9.17, 15) is 0 Å². The van der Waals surface area contributed by atoms with E-state index in [1.54, 1.807) is 34.9 Å². The molecule has 0 saturated heterocycles. The zero-order valence-electron chi connectivity index (χ0n) is 8.27. The van der Waals surface area contributed by atoms with E-state index in [2.05, 4.69) is 29.7 Å². The third-order valence-electron chi connectivity index (χ3n) is 1.84. The lowest BCUT2D eigenvalue weighted by atomic mass is 10.2. The SMILES string of the molecule is CCC(CS)CSc1nnc(SC)s1. The van der Waals surface area contributed by atoms with Crippen LogP contribution < -0.4 is 0 Å². The standard InChI is InChI=1S/C8H14N2S4/c1-3-6(4-11)5-13-8-10-9-7(12-2)14-8/h6,11H,3-5H2,1-2H3. The molecule has 6 heteroatoms. The van der Waals surface area contributed by atoms with Gasteiger partial charge in [0, 0.05) is 5.75 Å². The van der Waals surface area contributed by atoms with Crippen LogP contribution in [0.4, 0.5) is 0 Å². The third-order valence-corrected chi connectivity index (χ3v) is 5.62. The Kier molecular flexibility index (Phi) is 6.32. The summed E-state index contributed by atoms with van der Waals surface area (Å²) in [6.07, 6.45) is 3.21. The number of hydrogen-bond donors (Lipinski definition) is 1. The second-order valence-electron chi connectivity index (χ2n) is 2.81. The Bertz CT molecular complexity index is 260. The van der Waals surface area contributed by atoms with Crippen LogP contribution in [0.1, 0.15) is 13.3 Å². The van der Waals surface area contributed by atoms with Crippen molar-refractivity contribution >= 4 is 47.5 Å². The summed E-state index contributed by atoms with van der Waals surface area (Å²) in [6.45, 7) is 2.20. The van der Waals surface area contributed by atoms with E-state index in [4.69, 9.17) is 0 Å². The van der Waals surface area contributed by atoms with Crippen molar-refractivity contribution in [3.8, 4) is 0 Å². The Balaban J connectivity index is 2.37. The van der Waals surface area contributed by atoms with Crippen LogP contribution in [-0.2, 0) is 0 Å². The molecule has 0 bridgehead atoms. The molecule has 1 atom stereocenters. The molecule has 0 amide bonds. The van der Waals surface area contributed by atoms with Gasteiger partial charge in [0.1, 0.15) is 0 Å². The molecule has 1 heterocycles. The normalized spacial score (nSPS) is 13.1. The van der Waals surface area contributed by atoms with Crippen LogP contribution in [0.5, 0.6) is 0 Å². The van der Waals surface area contributed by atoms with Crippen molar-refractivity contribution in [3.63, 3.8) is 0 Å². The third kappa shape index (κ3) is 4.00. The molecule has 14 heavy (non-hydrogen) atoms. The number of thioether (sulfide) groups is 2. The minimum atomic E-state index is 0.685. The van der Waals surface area contributed by atoms with Gasteiger partial charge in [-0.1, -0.05) is 48.2 Å². The lowest BCUT2D eigenvalue weighted by molar-refractivity contribution is 0.649. The Labute approximate surface area is 103 Å². The molecule has 0 radical (unpaired) electrons. The highest BCUT2D eigenvalue weighted by Crippen LogP contribution is 2.29. The van der Waals surface area contributed by atoms with Crippen LogP contribution in [0.3, 0.4) is 0 Å². The van der Waals surface area contributed by atoms with Gasteiger partial charge in [-0.2, -0.15) is 12.6 Å². The Morgan fingerprint density at radius 1 is 1.43 bits per heavy atom. The van der Waals surface area contributed by atoms with Crippen molar-refractivity contribution < 1.29 is 0 Å². The molecule has 80 valence electrons. The summed E-state index contributed by atoms with van der Waals surface area (Å²) >= 11 is 9.44. The number of nitrogens with zero attached hydrogens (tertiary/aromatic N) is 2. The number of hydrogen-bond acceptors (Lipinski definition) is 6. The van der Waals surface area contributed by atoms with Crippen LogP contribution in [0.2, 0.25) is 0 Å². The summed E-state index contributed by atoms with van der Waals surface area (Å²) in [5.74, 6) is 2.74. The molecule has 0 aromatic carbocycles. The molecule has 0 spiro atoms. The summed E-state index contributed by atoms with van der Waals surface area (Å²) < 4.78 is 2.13. The van der Waals surface area contributed by atoms with Gasteiger partial charge < -0.3 is 0 Å². The molecule has 1 rings (SSSR count). The van der Waals surface area contributed by atoms with Gasteiger partial charge in [-0.05, 0) is 17.9 Å². The van der Waals surface area contributed by atoms with Gasteiger partial charge in [0.25, 0.3) is 0 Å². The lowest BCUT2D eigenvalue weighted by Gasteiger charge is -2.08. The van der Waals surface area contributed by atoms with E-state index < -0.39 is 0 Å². The molecule has 0 saturated carbocycles. The minimum Gasteiger partial charge on any atom is -0.179 e. The topological polar surface area (TPSA) is 25.8 Å². The molecule has 0 aliphatic carbocycles. The Morgan fingerprint density at radius 2 is 2.14 bits per heavy atom. The first-order chi connectivity index (χ1) is 6.80. The quantitative estimate of drug-likeness (QED) is 0.631. The molecule has 1 aromatic heterocycles. The predicted molar refractivity (Wildman–Crippen MR) is 70.0 cm³/mol. The average molecular weight is 266 g/mol. The Hall–Kier alpha value is 0.610. The van der Waals surface area contributed by atoms with Crippen LogP contribution in [0.15, 0.2) is 8.68 Å². The van der Waals surface area contributed by atoms with Crippen molar-refractivity contribution in [2.24, 2.45) is 5.92 Å². The van der Waals surface area contributed by atoms with E-state index in [-0.39, 0.29) is 0 Å². The van der Waals surface area contributed by atoms with Gasteiger partial charge in [0.2, 0.25) is 0 Å². The van der Waals surface area contributed by atoms with Crippen LogP contribution in [0, 0.1) is 5.92 Å². The molecular weight excluding hydrogens is 252 g/mol. The van der Waals surface area contributed by atoms with Crippen LogP contribution >= 0.6 is 47.5 Å². The van der Waals surface area contributed by atoms with Gasteiger partial charge in [-0.3, -0.25) is 0 Å². The van der Waals surface area contributed by atoms with E-state index >= 15 is 0 Å². The van der Waals surface area contributed by atoms with Gasteiger partial charge in [-0.25, -0.2) is 0 Å². The molecule has 1 aromatic rings. The van der Waals surface area contributed by atoms with Gasteiger partial charge in [0.05, 0.1) is 0 Å². The Morgan fingerprint density at radius 3 is 2.64 bits per heavy atom. The fraction of sp³-hybridized carbons (Fsp3) is 0.750. The fourth-order valence-corrected chi connectivity index (χ4v) is 4.06. The molecule has 2 nitrogen and oxygen atoms in total. The summed E-state index contributed by atoms with van der Waals surface area (Å²) in [5.41, 5.74) is 0. The fourth-order valence-electron chi connectivity index (χ4n) is 0.827. The zero-order valence-corrected chi connectivity index (χ0v) is 11.6. The molecule has 0 fully saturated rings. The summed E-state index contributed by atoms with van der Waals surface area (Å²) in [4.78, 5) is 0. The van der Waals surface area contributed by atoms with E-state index in [1.807, 2.05) is 6.26 Å². The molecular formula is C8H14N2S4. The monoisotopic (exact) mass is 266 g/mol. The number of rotatable bonds is 6. The largest absolute Gasteiger partial charge is 0.179 e. The number of thiol groups is 1. The maximum absolute atomic E-state index is 4.32. The average Bonchev–Trinajstić information content (AvgIpc) is 2.67. The summed E-state index contributed by atoms with van der Waals surface area (Å²) in [6, 6.07) is 0. The molecule has 0 N–H and O–H groups in total. The first-order valence-electron chi connectivity index (χ1n) is 4.41. The summed E-state index contributed by atoms with van der Waals surface area (Å²) in [7, 11) is 0. The lowest BCUT2D eigenvalue weighted by Crippen LogP contribution is -2.03. The molecule has 0 aliphatic heterocycles. The van der Waals surface area contributed by atoms with E-state index in [0.717, 1.165) is 20.2 Å². The highest BCUT2D eigenvalue weighted by Gasteiger charge is 2.08. The van der Waals surface area contributed by atoms with E-state index in [1.165, 1.54) is 6.42 Å². The van der Waals surface area contributed by atoms with Crippen LogP contribution in [0.25, 0.3) is 0 Å². The first kappa shape index (κ1) is 12.7. The summed E-state index contributed by atoms with van der Waals surface area (Å²) in [5, 5.41) is 8.17.